The number of carboxylic acid groups (broad SMARTS) is 1. The first kappa shape index (κ1) is 14.0. The molecule has 5 nitrogen and oxygen atoms in total. The van der Waals surface area contributed by atoms with Crippen molar-refractivity contribution in [3.63, 3.8) is 0 Å². The number of hydrogen-bond donors (Lipinski definition) is 2. The lowest BCUT2D eigenvalue weighted by molar-refractivity contribution is -0.121. The van der Waals surface area contributed by atoms with Gasteiger partial charge in [-0.1, -0.05) is 6.92 Å². The Labute approximate surface area is 115 Å². The molecule has 1 fully saturated rings. The van der Waals surface area contributed by atoms with Crippen LogP contribution in [0.1, 0.15) is 30.4 Å². The Morgan fingerprint density at radius 1 is 1.32 bits per heavy atom. The normalized spacial score (nSPS) is 30.3. The minimum Gasteiger partial charge on any atom is -0.477 e. The molecule has 0 bridgehead atoms. The first-order valence-corrected chi connectivity index (χ1v) is 7.07. The second-order valence-electron chi connectivity index (χ2n) is 4.89. The summed E-state index contributed by atoms with van der Waals surface area (Å²) in [4.78, 5) is 23.4. The van der Waals surface area contributed by atoms with E-state index in [1.54, 1.807) is 11.4 Å². The topological polar surface area (TPSA) is 75.6 Å². The van der Waals surface area contributed by atoms with Crippen LogP contribution in [0.25, 0.3) is 0 Å². The minimum atomic E-state index is -1.03. The van der Waals surface area contributed by atoms with Gasteiger partial charge in [-0.15, -0.1) is 11.3 Å². The van der Waals surface area contributed by atoms with Crippen molar-refractivity contribution >= 4 is 28.9 Å². The molecule has 0 saturated carbocycles. The summed E-state index contributed by atoms with van der Waals surface area (Å²) in [6.45, 7) is 5.79. The van der Waals surface area contributed by atoms with Crippen molar-refractivity contribution in [2.45, 2.75) is 33.0 Å². The summed E-state index contributed by atoms with van der Waals surface area (Å²) >= 11 is 1.10. The van der Waals surface area contributed by atoms with Gasteiger partial charge in [-0.3, -0.25) is 4.79 Å². The first-order valence-electron chi connectivity index (χ1n) is 6.19. The number of amides is 1. The van der Waals surface area contributed by atoms with Crippen LogP contribution in [0, 0.1) is 11.8 Å². The lowest BCUT2D eigenvalue weighted by atomic mass is 9.89. The van der Waals surface area contributed by atoms with Crippen LogP contribution in [-0.4, -0.2) is 29.2 Å². The molecular formula is C13H17NO4S. The number of nitrogens with one attached hydrogen (secondary N) is 1. The van der Waals surface area contributed by atoms with Crippen LogP contribution in [-0.2, 0) is 9.53 Å². The van der Waals surface area contributed by atoms with Gasteiger partial charge in [0.25, 0.3) is 0 Å². The van der Waals surface area contributed by atoms with Crippen LogP contribution in [0.3, 0.4) is 0 Å². The van der Waals surface area contributed by atoms with E-state index in [4.69, 9.17) is 9.84 Å². The van der Waals surface area contributed by atoms with Crippen LogP contribution in [0.15, 0.2) is 11.4 Å². The number of aromatic carboxylic acids is 1. The molecule has 19 heavy (non-hydrogen) atoms. The van der Waals surface area contributed by atoms with Gasteiger partial charge >= 0.3 is 5.97 Å². The third kappa shape index (κ3) is 2.64. The highest BCUT2D eigenvalue weighted by Gasteiger charge is 2.41. The molecule has 4 atom stereocenters. The lowest BCUT2D eigenvalue weighted by Gasteiger charge is -2.17. The monoisotopic (exact) mass is 283 g/mol. The Morgan fingerprint density at radius 2 is 2.00 bits per heavy atom. The van der Waals surface area contributed by atoms with E-state index in [2.05, 4.69) is 5.32 Å². The Bertz CT molecular complexity index is 499. The van der Waals surface area contributed by atoms with Crippen molar-refractivity contribution in [3.8, 4) is 0 Å². The van der Waals surface area contributed by atoms with E-state index in [1.165, 1.54) is 0 Å². The molecule has 1 amide bonds. The summed E-state index contributed by atoms with van der Waals surface area (Å²) < 4.78 is 5.63. The average molecular weight is 283 g/mol. The zero-order valence-electron chi connectivity index (χ0n) is 11.0. The van der Waals surface area contributed by atoms with Crippen molar-refractivity contribution < 1.29 is 19.4 Å². The number of carbonyl (C=O) groups excluding carboxylic acids is 1. The molecule has 4 unspecified atom stereocenters. The molecule has 1 aromatic rings. The molecule has 0 radical (unpaired) electrons. The fraction of sp³-hybridized carbons (Fsp3) is 0.538. The number of thiophene rings is 1. The smallest absolute Gasteiger partial charge is 0.348 e. The molecular weight excluding hydrogens is 266 g/mol. The predicted molar refractivity (Wildman–Crippen MR) is 72.6 cm³/mol. The zero-order chi connectivity index (χ0) is 14.2. The van der Waals surface area contributed by atoms with Crippen molar-refractivity contribution in [3.05, 3.63) is 16.3 Å². The largest absolute Gasteiger partial charge is 0.477 e. The number of anilines is 1. The fourth-order valence-electron chi connectivity index (χ4n) is 2.51. The molecule has 0 spiro atoms. The maximum absolute atomic E-state index is 12.3. The fourth-order valence-corrected chi connectivity index (χ4v) is 3.20. The van der Waals surface area contributed by atoms with Gasteiger partial charge in [0.2, 0.25) is 5.91 Å². The van der Waals surface area contributed by atoms with E-state index < -0.39 is 5.97 Å². The van der Waals surface area contributed by atoms with E-state index in [0.29, 0.717) is 5.69 Å². The van der Waals surface area contributed by atoms with Gasteiger partial charge in [0, 0.05) is 0 Å². The predicted octanol–water partition coefficient (Wildman–Crippen LogP) is 2.44. The van der Waals surface area contributed by atoms with Crippen LogP contribution in [0.4, 0.5) is 5.69 Å². The molecule has 1 aliphatic rings. The Hall–Kier alpha value is -1.40. The number of rotatable bonds is 3. The van der Waals surface area contributed by atoms with Gasteiger partial charge < -0.3 is 15.2 Å². The van der Waals surface area contributed by atoms with Gasteiger partial charge in [0.15, 0.2) is 0 Å². The quantitative estimate of drug-likeness (QED) is 0.893. The Kier molecular flexibility index (Phi) is 3.91. The number of carbonyl (C=O) groups is 2. The Balaban J connectivity index is 2.13. The van der Waals surface area contributed by atoms with Gasteiger partial charge in [-0.25, -0.2) is 4.79 Å². The van der Waals surface area contributed by atoms with E-state index in [1.807, 2.05) is 20.8 Å². The summed E-state index contributed by atoms with van der Waals surface area (Å²) in [5.41, 5.74) is 0.362. The second kappa shape index (κ2) is 5.30. The molecule has 6 heteroatoms. The highest BCUT2D eigenvalue weighted by molar-refractivity contribution is 7.12. The van der Waals surface area contributed by atoms with E-state index in [9.17, 15) is 9.59 Å². The zero-order valence-corrected chi connectivity index (χ0v) is 11.9. The molecule has 0 aromatic carbocycles. The summed E-state index contributed by atoms with van der Waals surface area (Å²) in [5.74, 6) is -1.34. The van der Waals surface area contributed by atoms with E-state index >= 15 is 0 Å². The van der Waals surface area contributed by atoms with Crippen LogP contribution in [0.2, 0.25) is 0 Å². The van der Waals surface area contributed by atoms with Crippen molar-refractivity contribution in [1.29, 1.82) is 0 Å². The standard InChI is InChI=1S/C13H17NO4S/c1-6-7(2)18-8(3)10(6)12(15)14-9-4-5-19-11(9)13(16)17/h4-8,10H,1-3H3,(H,14,15)(H,16,17). The van der Waals surface area contributed by atoms with Gasteiger partial charge in [0.05, 0.1) is 23.8 Å². The maximum atomic E-state index is 12.3. The maximum Gasteiger partial charge on any atom is 0.348 e. The average Bonchev–Trinajstić information content (AvgIpc) is 2.85. The number of carboxylic acids is 1. The van der Waals surface area contributed by atoms with Crippen LogP contribution >= 0.6 is 11.3 Å². The highest BCUT2D eigenvalue weighted by Crippen LogP contribution is 2.33. The van der Waals surface area contributed by atoms with Crippen LogP contribution in [0.5, 0.6) is 0 Å². The van der Waals surface area contributed by atoms with E-state index in [0.717, 1.165) is 11.3 Å². The summed E-state index contributed by atoms with van der Waals surface area (Å²) in [5, 5.41) is 13.4. The molecule has 1 saturated heterocycles. The van der Waals surface area contributed by atoms with Crippen molar-refractivity contribution in [1.82, 2.24) is 0 Å². The summed E-state index contributed by atoms with van der Waals surface area (Å²) in [7, 11) is 0. The number of hydrogen-bond acceptors (Lipinski definition) is 4. The molecule has 2 heterocycles. The van der Waals surface area contributed by atoms with E-state index in [-0.39, 0.29) is 34.8 Å². The molecule has 2 rings (SSSR count). The summed E-state index contributed by atoms with van der Waals surface area (Å²) in [6.07, 6.45) is -0.121. The SMILES string of the molecule is CC1OC(C)C(C(=O)Nc2ccsc2C(=O)O)C1C. The second-order valence-corrected chi connectivity index (χ2v) is 5.81. The third-order valence-corrected chi connectivity index (χ3v) is 4.56. The van der Waals surface area contributed by atoms with Gasteiger partial charge in [0.1, 0.15) is 4.88 Å². The molecule has 0 aliphatic carbocycles. The van der Waals surface area contributed by atoms with Crippen molar-refractivity contribution in [2.75, 3.05) is 5.32 Å². The molecule has 1 aromatic heterocycles. The molecule has 2 N–H and O–H groups in total. The molecule has 104 valence electrons. The highest BCUT2D eigenvalue weighted by atomic mass is 32.1. The summed E-state index contributed by atoms with van der Waals surface area (Å²) in [6, 6.07) is 1.61. The third-order valence-electron chi connectivity index (χ3n) is 3.66. The van der Waals surface area contributed by atoms with Gasteiger partial charge in [-0.05, 0) is 31.2 Å². The van der Waals surface area contributed by atoms with Crippen molar-refractivity contribution in [2.24, 2.45) is 11.8 Å². The Morgan fingerprint density at radius 3 is 2.53 bits per heavy atom. The molecule has 1 aliphatic heterocycles. The first-order chi connectivity index (χ1) is 8.91. The lowest BCUT2D eigenvalue weighted by Crippen LogP contribution is -2.32. The van der Waals surface area contributed by atoms with Crippen LogP contribution < -0.4 is 5.32 Å². The van der Waals surface area contributed by atoms with Gasteiger partial charge in [-0.2, -0.15) is 0 Å². The number of ether oxygens (including phenoxy) is 1. The minimum absolute atomic E-state index is 0.0344.